The highest BCUT2D eigenvalue weighted by atomic mass is 19.1. The lowest BCUT2D eigenvalue weighted by Gasteiger charge is -2.02. The first kappa shape index (κ1) is 13.3. The van der Waals surface area contributed by atoms with Gasteiger partial charge in [0.25, 0.3) is 5.89 Å². The van der Waals surface area contributed by atoms with E-state index in [2.05, 4.69) is 20.2 Å². The van der Waals surface area contributed by atoms with Gasteiger partial charge in [-0.2, -0.15) is 0 Å². The molecule has 0 radical (unpaired) electrons. The van der Waals surface area contributed by atoms with Crippen LogP contribution in [0, 0.1) is 5.82 Å². The number of hydrogen-bond donors (Lipinski definition) is 1. The summed E-state index contributed by atoms with van der Waals surface area (Å²) in [4.78, 5) is 8.69. The van der Waals surface area contributed by atoms with Crippen molar-refractivity contribution in [1.82, 2.24) is 20.2 Å². The summed E-state index contributed by atoms with van der Waals surface area (Å²) < 4.78 is 18.9. The normalized spacial score (nSPS) is 11.0. The highest BCUT2D eigenvalue weighted by Gasteiger charge is 2.16. The molecule has 0 saturated carbocycles. The zero-order valence-electron chi connectivity index (χ0n) is 11.8. The molecule has 0 aliphatic carbocycles. The van der Waals surface area contributed by atoms with Gasteiger partial charge >= 0.3 is 0 Å². The van der Waals surface area contributed by atoms with Crippen LogP contribution in [0.25, 0.3) is 34.1 Å². The smallest absolute Gasteiger partial charge is 0.270 e. The second-order valence-corrected chi connectivity index (χ2v) is 4.87. The molecule has 2 heterocycles. The van der Waals surface area contributed by atoms with Crippen LogP contribution in [-0.4, -0.2) is 20.2 Å². The fourth-order valence-corrected chi connectivity index (χ4v) is 2.23. The van der Waals surface area contributed by atoms with Gasteiger partial charge in [-0.05, 0) is 30.3 Å². The predicted molar refractivity (Wildman–Crippen MR) is 82.6 cm³/mol. The molecule has 0 spiro atoms. The van der Waals surface area contributed by atoms with Gasteiger partial charge in [0, 0.05) is 5.56 Å². The number of hydrogen-bond acceptors (Lipinski definition) is 6. The van der Waals surface area contributed by atoms with Crippen LogP contribution in [0.15, 0.2) is 52.9 Å². The van der Waals surface area contributed by atoms with Crippen LogP contribution in [0.5, 0.6) is 0 Å². The van der Waals surface area contributed by atoms with Crippen molar-refractivity contribution in [2.75, 3.05) is 5.73 Å². The van der Waals surface area contributed by atoms with Crippen molar-refractivity contribution in [3.63, 3.8) is 0 Å². The minimum absolute atomic E-state index is 0.139. The summed E-state index contributed by atoms with van der Waals surface area (Å²) in [5, 5.41) is 7.86. The lowest BCUT2D eigenvalue weighted by molar-refractivity contribution is 0.580. The van der Waals surface area contributed by atoms with Crippen molar-refractivity contribution < 1.29 is 8.81 Å². The second-order valence-electron chi connectivity index (χ2n) is 4.87. The summed E-state index contributed by atoms with van der Waals surface area (Å²) in [7, 11) is 0. The number of rotatable bonds is 2. The Kier molecular flexibility index (Phi) is 2.97. The zero-order chi connectivity index (χ0) is 15.8. The molecule has 23 heavy (non-hydrogen) atoms. The first-order chi connectivity index (χ1) is 11.2. The third kappa shape index (κ3) is 2.38. The average molecular weight is 307 g/mol. The Labute approximate surface area is 129 Å². The number of aromatic nitrogens is 4. The van der Waals surface area contributed by atoms with Gasteiger partial charge in [0.15, 0.2) is 11.5 Å². The molecule has 7 heteroatoms. The van der Waals surface area contributed by atoms with Crippen LogP contribution >= 0.6 is 0 Å². The SMILES string of the molecule is Nc1nc2ccccc2nc1-c1nnc(-c2cccc(F)c2)o1. The Balaban J connectivity index is 1.81. The largest absolute Gasteiger partial charge is 0.414 e. The maximum atomic E-state index is 13.3. The molecule has 0 amide bonds. The van der Waals surface area contributed by atoms with Gasteiger partial charge in [0.2, 0.25) is 5.89 Å². The number of benzene rings is 2. The maximum Gasteiger partial charge on any atom is 0.270 e. The van der Waals surface area contributed by atoms with E-state index in [0.29, 0.717) is 22.3 Å². The van der Waals surface area contributed by atoms with E-state index >= 15 is 0 Å². The molecule has 0 atom stereocenters. The number of nitrogens with zero attached hydrogens (tertiary/aromatic N) is 4. The molecule has 0 fully saturated rings. The van der Waals surface area contributed by atoms with Crippen molar-refractivity contribution in [3.8, 4) is 23.0 Å². The highest BCUT2D eigenvalue weighted by Crippen LogP contribution is 2.27. The van der Waals surface area contributed by atoms with Crippen molar-refractivity contribution >= 4 is 16.9 Å². The van der Waals surface area contributed by atoms with Gasteiger partial charge in [0.1, 0.15) is 5.82 Å². The molecule has 2 N–H and O–H groups in total. The van der Waals surface area contributed by atoms with Crippen molar-refractivity contribution in [2.24, 2.45) is 0 Å². The van der Waals surface area contributed by atoms with E-state index in [0.717, 1.165) is 0 Å². The van der Waals surface area contributed by atoms with Crippen LogP contribution in [0.3, 0.4) is 0 Å². The number of para-hydroxylation sites is 2. The third-order valence-corrected chi connectivity index (χ3v) is 3.30. The molecule has 0 unspecified atom stereocenters. The van der Waals surface area contributed by atoms with E-state index < -0.39 is 0 Å². The van der Waals surface area contributed by atoms with E-state index in [1.165, 1.54) is 12.1 Å². The van der Waals surface area contributed by atoms with Crippen LogP contribution in [0.4, 0.5) is 10.2 Å². The molecule has 0 saturated heterocycles. The standard InChI is InChI=1S/C16H10FN5O/c17-10-5-3-4-9(8-10)15-21-22-16(23-15)13-14(18)20-12-7-2-1-6-11(12)19-13/h1-8H,(H2,18,20). The molecule has 2 aromatic heterocycles. The van der Waals surface area contributed by atoms with Crippen LogP contribution in [0.2, 0.25) is 0 Å². The Morgan fingerprint density at radius 1 is 0.870 bits per heavy atom. The Morgan fingerprint density at radius 3 is 2.39 bits per heavy atom. The van der Waals surface area contributed by atoms with E-state index in [1.807, 2.05) is 24.3 Å². The van der Waals surface area contributed by atoms with Gasteiger partial charge in [-0.1, -0.05) is 18.2 Å². The lowest BCUT2D eigenvalue weighted by atomic mass is 10.2. The van der Waals surface area contributed by atoms with Gasteiger partial charge < -0.3 is 10.2 Å². The Morgan fingerprint density at radius 2 is 1.61 bits per heavy atom. The topological polar surface area (TPSA) is 90.7 Å². The number of nitrogens with two attached hydrogens (primary N) is 1. The van der Waals surface area contributed by atoms with Gasteiger partial charge in [0.05, 0.1) is 11.0 Å². The summed E-state index contributed by atoms with van der Waals surface area (Å²) in [5.41, 5.74) is 8.06. The summed E-state index contributed by atoms with van der Waals surface area (Å²) in [5.74, 6) is 0.138. The van der Waals surface area contributed by atoms with Crippen LogP contribution in [-0.2, 0) is 0 Å². The Bertz CT molecular complexity index is 1010. The minimum Gasteiger partial charge on any atom is -0.414 e. The monoisotopic (exact) mass is 307 g/mol. The molecular weight excluding hydrogens is 297 g/mol. The van der Waals surface area contributed by atoms with Gasteiger partial charge in [-0.15, -0.1) is 10.2 Å². The molecule has 112 valence electrons. The van der Waals surface area contributed by atoms with Gasteiger partial charge in [-0.25, -0.2) is 14.4 Å². The van der Waals surface area contributed by atoms with Crippen molar-refractivity contribution in [2.45, 2.75) is 0 Å². The molecule has 0 aliphatic rings. The summed E-state index contributed by atoms with van der Waals surface area (Å²) in [6.45, 7) is 0. The fraction of sp³-hybridized carbons (Fsp3) is 0. The minimum atomic E-state index is -0.382. The number of halogens is 1. The molecule has 0 bridgehead atoms. The predicted octanol–water partition coefficient (Wildman–Crippen LogP) is 3.07. The Hall–Kier alpha value is -3.35. The fourth-order valence-electron chi connectivity index (χ4n) is 2.23. The average Bonchev–Trinajstić information content (AvgIpc) is 3.04. The second kappa shape index (κ2) is 5.13. The van der Waals surface area contributed by atoms with E-state index in [-0.39, 0.29) is 23.4 Å². The van der Waals surface area contributed by atoms with E-state index in [1.54, 1.807) is 12.1 Å². The third-order valence-electron chi connectivity index (χ3n) is 3.30. The maximum absolute atomic E-state index is 13.3. The summed E-state index contributed by atoms with van der Waals surface area (Å²) >= 11 is 0. The highest BCUT2D eigenvalue weighted by molar-refractivity contribution is 5.80. The molecule has 2 aromatic carbocycles. The number of fused-ring (bicyclic) bond motifs is 1. The van der Waals surface area contributed by atoms with E-state index in [4.69, 9.17) is 10.2 Å². The molecule has 4 aromatic rings. The first-order valence-electron chi connectivity index (χ1n) is 6.83. The summed E-state index contributed by atoms with van der Waals surface area (Å²) in [6, 6.07) is 13.2. The van der Waals surface area contributed by atoms with Gasteiger partial charge in [-0.3, -0.25) is 0 Å². The molecule has 0 aliphatic heterocycles. The van der Waals surface area contributed by atoms with E-state index in [9.17, 15) is 4.39 Å². The zero-order valence-corrected chi connectivity index (χ0v) is 11.8. The molecule has 4 rings (SSSR count). The number of nitrogen functional groups attached to an aromatic ring is 1. The molecular formula is C16H10FN5O. The van der Waals surface area contributed by atoms with Crippen molar-refractivity contribution in [1.29, 1.82) is 0 Å². The first-order valence-corrected chi connectivity index (χ1v) is 6.83. The van der Waals surface area contributed by atoms with Crippen molar-refractivity contribution in [3.05, 3.63) is 54.3 Å². The summed E-state index contributed by atoms with van der Waals surface area (Å²) in [6.07, 6.45) is 0. The lowest BCUT2D eigenvalue weighted by Crippen LogP contribution is -1.98. The molecule has 6 nitrogen and oxygen atoms in total. The quantitative estimate of drug-likeness (QED) is 0.612. The van der Waals surface area contributed by atoms with Crippen LogP contribution in [0.1, 0.15) is 0 Å². The van der Waals surface area contributed by atoms with Crippen LogP contribution < -0.4 is 5.73 Å². The number of anilines is 1.